The number of halogens is 1. The van der Waals surface area contributed by atoms with Crippen LogP contribution in [0.1, 0.15) is 37.1 Å². The van der Waals surface area contributed by atoms with E-state index in [2.05, 4.69) is 11.4 Å². The van der Waals surface area contributed by atoms with Gasteiger partial charge in [-0.25, -0.2) is 4.79 Å². The van der Waals surface area contributed by atoms with Crippen molar-refractivity contribution in [2.75, 3.05) is 5.32 Å². The smallest absolute Gasteiger partial charge is 0.343 e. The summed E-state index contributed by atoms with van der Waals surface area (Å²) < 4.78 is 5.54. The minimum atomic E-state index is -0.456. The SMILES string of the molecule is O=C(Oc1ccc(C2Sc3ccccc3NC3=C2C(=O)c2ccccc23)cc1)c1ccc(Cl)cc1. The van der Waals surface area contributed by atoms with E-state index in [4.69, 9.17) is 16.3 Å². The number of fused-ring (bicyclic) bond motifs is 3. The van der Waals surface area contributed by atoms with Crippen LogP contribution in [0.2, 0.25) is 5.02 Å². The third-order valence-corrected chi connectivity index (χ3v) is 7.69. The van der Waals surface area contributed by atoms with Crippen LogP contribution in [0.3, 0.4) is 0 Å². The molecule has 170 valence electrons. The Kier molecular flexibility index (Phi) is 5.44. The normalized spacial score (nSPS) is 16.0. The van der Waals surface area contributed by atoms with Crippen LogP contribution in [0, 0.1) is 0 Å². The van der Waals surface area contributed by atoms with Crippen LogP contribution in [0.25, 0.3) is 5.70 Å². The van der Waals surface area contributed by atoms with Gasteiger partial charge in [0.2, 0.25) is 0 Å². The van der Waals surface area contributed by atoms with Gasteiger partial charge < -0.3 is 10.1 Å². The fourth-order valence-electron chi connectivity index (χ4n) is 4.38. The van der Waals surface area contributed by atoms with Crippen molar-refractivity contribution < 1.29 is 14.3 Å². The predicted octanol–water partition coefficient (Wildman–Crippen LogP) is 7.43. The molecule has 1 atom stereocenters. The molecule has 6 rings (SSSR count). The number of rotatable bonds is 3. The van der Waals surface area contributed by atoms with Crippen molar-refractivity contribution in [3.8, 4) is 5.75 Å². The standard InChI is InChI=1S/C29H18ClNO3S/c30-19-13-9-18(10-14-19)29(33)34-20-15-11-17(12-16-20)28-25-26(21-5-1-2-6-22(21)27(25)32)31-23-7-3-4-8-24(23)35-28/h1-16,28,31H. The van der Waals surface area contributed by atoms with Crippen LogP contribution in [0.4, 0.5) is 5.69 Å². The van der Waals surface area contributed by atoms with Gasteiger partial charge in [-0.15, -0.1) is 11.8 Å². The molecule has 1 N–H and O–H groups in total. The van der Waals surface area contributed by atoms with Gasteiger partial charge in [-0.05, 0) is 54.1 Å². The highest BCUT2D eigenvalue weighted by Gasteiger charge is 2.38. The molecule has 1 aliphatic heterocycles. The molecule has 6 heteroatoms. The summed E-state index contributed by atoms with van der Waals surface area (Å²) in [5.74, 6) is 0.00975. The van der Waals surface area contributed by atoms with Gasteiger partial charge in [0, 0.05) is 26.6 Å². The highest BCUT2D eigenvalue weighted by molar-refractivity contribution is 8.00. The fraction of sp³-hybridized carbons (Fsp3) is 0.0345. The molecule has 0 aromatic heterocycles. The van der Waals surface area contributed by atoms with Crippen LogP contribution < -0.4 is 10.1 Å². The number of thioether (sulfide) groups is 1. The molecule has 1 heterocycles. The van der Waals surface area contributed by atoms with Gasteiger partial charge in [-0.3, -0.25) is 4.79 Å². The molecular weight excluding hydrogens is 478 g/mol. The van der Waals surface area contributed by atoms with Gasteiger partial charge in [0.05, 0.1) is 22.2 Å². The van der Waals surface area contributed by atoms with Crippen LogP contribution in [-0.4, -0.2) is 11.8 Å². The van der Waals surface area contributed by atoms with Gasteiger partial charge in [0.1, 0.15) is 5.75 Å². The highest BCUT2D eigenvalue weighted by atomic mass is 35.5. The third-order valence-electron chi connectivity index (χ3n) is 6.08. The average molecular weight is 496 g/mol. The Morgan fingerprint density at radius 1 is 0.829 bits per heavy atom. The second-order valence-electron chi connectivity index (χ2n) is 8.25. The van der Waals surface area contributed by atoms with E-state index < -0.39 is 5.97 Å². The van der Waals surface area contributed by atoms with Gasteiger partial charge in [-0.2, -0.15) is 0 Å². The van der Waals surface area contributed by atoms with Crippen molar-refractivity contribution in [2.24, 2.45) is 0 Å². The lowest BCUT2D eigenvalue weighted by Crippen LogP contribution is -2.09. The van der Waals surface area contributed by atoms with Gasteiger partial charge >= 0.3 is 5.97 Å². The van der Waals surface area contributed by atoms with Crippen LogP contribution in [-0.2, 0) is 0 Å². The first-order chi connectivity index (χ1) is 17.1. The first-order valence-electron chi connectivity index (χ1n) is 11.1. The number of hydrogen-bond acceptors (Lipinski definition) is 5. The minimum Gasteiger partial charge on any atom is -0.423 e. The molecule has 0 radical (unpaired) electrons. The van der Waals surface area contributed by atoms with Crippen LogP contribution in [0.5, 0.6) is 5.75 Å². The number of carbonyl (C=O) groups excluding carboxylic acids is 2. The fourth-order valence-corrected chi connectivity index (χ4v) is 5.80. The molecule has 0 saturated carbocycles. The number of carbonyl (C=O) groups is 2. The number of nitrogens with one attached hydrogen (secondary N) is 1. The van der Waals surface area contributed by atoms with E-state index in [1.165, 1.54) is 0 Å². The molecule has 2 aliphatic rings. The minimum absolute atomic E-state index is 0.0339. The zero-order valence-corrected chi connectivity index (χ0v) is 19.9. The van der Waals surface area contributed by atoms with E-state index in [1.54, 1.807) is 48.2 Å². The van der Waals surface area contributed by atoms with E-state index in [1.807, 2.05) is 54.6 Å². The molecule has 1 aliphatic carbocycles. The first-order valence-corrected chi connectivity index (χ1v) is 12.3. The molecule has 0 fully saturated rings. The number of benzene rings is 4. The van der Waals surface area contributed by atoms with Crippen molar-refractivity contribution in [2.45, 2.75) is 10.1 Å². The Bertz CT molecular complexity index is 1510. The van der Waals surface area contributed by atoms with Crippen LogP contribution >= 0.6 is 23.4 Å². The molecule has 4 aromatic carbocycles. The zero-order chi connectivity index (χ0) is 23.9. The number of ketones is 1. The Morgan fingerprint density at radius 2 is 1.51 bits per heavy atom. The lowest BCUT2D eigenvalue weighted by atomic mass is 10.0. The molecule has 0 amide bonds. The number of anilines is 1. The van der Waals surface area contributed by atoms with E-state index in [9.17, 15) is 9.59 Å². The summed E-state index contributed by atoms with van der Waals surface area (Å²) in [6, 6.07) is 29.7. The maximum atomic E-state index is 13.5. The number of Topliss-reactive ketones (excluding diaryl/α,β-unsaturated/α-hetero) is 1. The van der Waals surface area contributed by atoms with E-state index in [0.29, 0.717) is 21.9 Å². The molecular formula is C29H18ClNO3S. The summed E-state index contributed by atoms with van der Waals surface area (Å²) in [5.41, 5.74) is 5.57. The molecule has 35 heavy (non-hydrogen) atoms. The quantitative estimate of drug-likeness (QED) is 0.236. The molecule has 1 unspecified atom stereocenters. The zero-order valence-electron chi connectivity index (χ0n) is 18.3. The maximum Gasteiger partial charge on any atom is 0.343 e. The van der Waals surface area contributed by atoms with Crippen molar-refractivity contribution >= 4 is 46.5 Å². The summed E-state index contributed by atoms with van der Waals surface area (Å²) in [6.45, 7) is 0. The van der Waals surface area contributed by atoms with Crippen molar-refractivity contribution in [1.29, 1.82) is 0 Å². The number of ether oxygens (including phenoxy) is 1. The van der Waals surface area contributed by atoms with E-state index in [0.717, 1.165) is 33.0 Å². The van der Waals surface area contributed by atoms with E-state index >= 15 is 0 Å². The van der Waals surface area contributed by atoms with Crippen molar-refractivity contribution in [1.82, 2.24) is 0 Å². The molecule has 4 nitrogen and oxygen atoms in total. The number of para-hydroxylation sites is 1. The Labute approximate surface area is 211 Å². The summed E-state index contributed by atoms with van der Waals surface area (Å²) in [5, 5.41) is 3.86. The van der Waals surface area contributed by atoms with Crippen molar-refractivity contribution in [3.05, 3.63) is 130 Å². The molecule has 0 saturated heterocycles. The average Bonchev–Trinajstić information content (AvgIpc) is 3.04. The topological polar surface area (TPSA) is 55.4 Å². The second-order valence-corrected chi connectivity index (χ2v) is 9.83. The monoisotopic (exact) mass is 495 g/mol. The summed E-state index contributed by atoms with van der Waals surface area (Å²) in [7, 11) is 0. The Morgan fingerprint density at radius 3 is 2.29 bits per heavy atom. The highest BCUT2D eigenvalue weighted by Crippen LogP contribution is 2.52. The lowest BCUT2D eigenvalue weighted by Gasteiger charge is -2.17. The third kappa shape index (κ3) is 3.93. The molecule has 4 aromatic rings. The molecule has 0 bridgehead atoms. The summed E-state index contributed by atoms with van der Waals surface area (Å²) in [4.78, 5) is 27.1. The number of hydrogen-bond donors (Lipinski definition) is 1. The summed E-state index contributed by atoms with van der Waals surface area (Å²) in [6.07, 6.45) is 0. The van der Waals surface area contributed by atoms with Gasteiger partial charge in [0.25, 0.3) is 0 Å². The Balaban J connectivity index is 1.35. The molecule has 0 spiro atoms. The Hall–Kier alpha value is -3.80. The predicted molar refractivity (Wildman–Crippen MR) is 139 cm³/mol. The van der Waals surface area contributed by atoms with E-state index in [-0.39, 0.29) is 11.0 Å². The van der Waals surface area contributed by atoms with Gasteiger partial charge in [0.15, 0.2) is 5.78 Å². The first kappa shape index (κ1) is 21.7. The van der Waals surface area contributed by atoms with Crippen LogP contribution in [0.15, 0.2) is 108 Å². The largest absolute Gasteiger partial charge is 0.423 e. The lowest BCUT2D eigenvalue weighted by molar-refractivity contribution is 0.0734. The van der Waals surface area contributed by atoms with Crippen molar-refractivity contribution in [3.63, 3.8) is 0 Å². The maximum absolute atomic E-state index is 13.5. The van der Waals surface area contributed by atoms with Gasteiger partial charge in [-0.1, -0.05) is 60.1 Å². The summed E-state index contributed by atoms with van der Waals surface area (Å²) >= 11 is 7.54. The number of esters is 1. The second kappa shape index (κ2) is 8.77.